The van der Waals surface area contributed by atoms with E-state index in [-0.39, 0.29) is 23.8 Å². The minimum absolute atomic E-state index is 0.0848. The summed E-state index contributed by atoms with van der Waals surface area (Å²) in [5, 5.41) is 2.99. The van der Waals surface area contributed by atoms with Gasteiger partial charge in [0, 0.05) is 24.1 Å². The first-order valence-corrected chi connectivity index (χ1v) is 11.0. The summed E-state index contributed by atoms with van der Waals surface area (Å²) < 4.78 is 1.02. The number of carbonyl (C=O) groups excluding carboxylic acids is 2. The van der Waals surface area contributed by atoms with Crippen LogP contribution in [0.2, 0.25) is 0 Å². The van der Waals surface area contributed by atoms with E-state index < -0.39 is 0 Å². The number of halogens is 1. The van der Waals surface area contributed by atoms with Gasteiger partial charge in [-0.2, -0.15) is 0 Å². The second-order valence-electron chi connectivity index (χ2n) is 7.61. The topological polar surface area (TPSA) is 52.7 Å². The van der Waals surface area contributed by atoms with E-state index in [4.69, 9.17) is 0 Å². The quantitative estimate of drug-likeness (QED) is 0.744. The molecule has 6 heteroatoms. The molecule has 2 heterocycles. The van der Waals surface area contributed by atoms with Crippen molar-refractivity contribution in [3.05, 3.63) is 34.3 Å². The van der Waals surface area contributed by atoms with Gasteiger partial charge in [0.25, 0.3) is 0 Å². The predicted octanol–water partition coefficient (Wildman–Crippen LogP) is 3.35. The summed E-state index contributed by atoms with van der Waals surface area (Å²) >= 11 is 3.48. The number of nitrogens with zero attached hydrogens (tertiary/aromatic N) is 2. The van der Waals surface area contributed by atoms with Crippen LogP contribution < -0.4 is 5.32 Å². The molecule has 0 spiro atoms. The van der Waals surface area contributed by atoms with Crippen LogP contribution in [0.25, 0.3) is 0 Å². The standard InChI is InChI=1S/C21H30BrN3O2/c1-2-11-23-20(26)17-6-5-14-25(15-17)21(27)19(24-12-3-4-13-24)16-7-9-18(22)10-8-16/h7-10,17,19H,2-6,11-15H2,1H3,(H,23,26). The van der Waals surface area contributed by atoms with E-state index in [1.54, 1.807) is 0 Å². The van der Waals surface area contributed by atoms with Gasteiger partial charge in [-0.25, -0.2) is 0 Å². The lowest BCUT2D eigenvalue weighted by atomic mass is 9.95. The molecular formula is C21H30BrN3O2. The molecule has 27 heavy (non-hydrogen) atoms. The van der Waals surface area contributed by atoms with E-state index in [1.165, 1.54) is 0 Å². The number of benzene rings is 1. The third-order valence-electron chi connectivity index (χ3n) is 5.58. The zero-order valence-electron chi connectivity index (χ0n) is 16.1. The Hall–Kier alpha value is -1.40. The van der Waals surface area contributed by atoms with Crippen molar-refractivity contribution >= 4 is 27.7 Å². The molecule has 0 aromatic heterocycles. The largest absolute Gasteiger partial charge is 0.356 e. The summed E-state index contributed by atoms with van der Waals surface area (Å²) in [6.07, 6.45) is 4.97. The Morgan fingerprint density at radius 3 is 2.52 bits per heavy atom. The van der Waals surface area contributed by atoms with Crippen molar-refractivity contribution < 1.29 is 9.59 Å². The van der Waals surface area contributed by atoms with Crippen LogP contribution in [0.4, 0.5) is 0 Å². The molecular weight excluding hydrogens is 406 g/mol. The molecule has 148 valence electrons. The Balaban J connectivity index is 1.74. The Bertz CT molecular complexity index is 643. The summed E-state index contributed by atoms with van der Waals surface area (Å²) in [5.74, 6) is 0.154. The molecule has 2 unspecified atom stereocenters. The van der Waals surface area contributed by atoms with Crippen molar-refractivity contribution in [2.24, 2.45) is 5.92 Å². The van der Waals surface area contributed by atoms with Gasteiger partial charge in [-0.05, 0) is 62.9 Å². The molecule has 0 aliphatic carbocycles. The highest BCUT2D eigenvalue weighted by molar-refractivity contribution is 9.10. The third kappa shape index (κ3) is 5.11. The lowest BCUT2D eigenvalue weighted by Gasteiger charge is -2.37. The average molecular weight is 436 g/mol. The lowest BCUT2D eigenvalue weighted by Crippen LogP contribution is -2.49. The molecule has 2 aliphatic heterocycles. The highest BCUT2D eigenvalue weighted by Gasteiger charge is 2.36. The molecule has 0 saturated carbocycles. The van der Waals surface area contributed by atoms with Crippen LogP contribution in [0.1, 0.15) is 50.6 Å². The fraction of sp³-hybridized carbons (Fsp3) is 0.619. The van der Waals surface area contributed by atoms with Gasteiger partial charge in [-0.15, -0.1) is 0 Å². The van der Waals surface area contributed by atoms with E-state index in [2.05, 4.69) is 33.1 Å². The highest BCUT2D eigenvalue weighted by atomic mass is 79.9. The molecule has 1 aromatic carbocycles. The molecule has 2 amide bonds. The molecule has 2 aliphatic rings. The van der Waals surface area contributed by atoms with Gasteiger partial charge in [0.05, 0.1) is 5.92 Å². The van der Waals surface area contributed by atoms with Crippen LogP contribution in [0.5, 0.6) is 0 Å². The number of hydrogen-bond acceptors (Lipinski definition) is 3. The zero-order chi connectivity index (χ0) is 19.2. The van der Waals surface area contributed by atoms with Gasteiger partial charge in [0.1, 0.15) is 6.04 Å². The Labute approximate surface area is 170 Å². The Morgan fingerprint density at radius 1 is 1.15 bits per heavy atom. The summed E-state index contributed by atoms with van der Waals surface area (Å²) in [6.45, 7) is 5.96. The number of likely N-dealkylation sites (tertiary alicyclic amines) is 2. The lowest BCUT2D eigenvalue weighted by molar-refractivity contribution is -0.140. The van der Waals surface area contributed by atoms with Crippen molar-refractivity contribution in [2.45, 2.75) is 45.1 Å². The first-order chi connectivity index (χ1) is 13.1. The van der Waals surface area contributed by atoms with Crippen LogP contribution in [0.15, 0.2) is 28.7 Å². The fourth-order valence-corrected chi connectivity index (χ4v) is 4.38. The molecule has 2 fully saturated rings. The predicted molar refractivity (Wildman–Crippen MR) is 110 cm³/mol. The van der Waals surface area contributed by atoms with Crippen molar-refractivity contribution in [3.63, 3.8) is 0 Å². The van der Waals surface area contributed by atoms with E-state index in [0.29, 0.717) is 13.1 Å². The minimum Gasteiger partial charge on any atom is -0.356 e. The maximum Gasteiger partial charge on any atom is 0.244 e. The SMILES string of the molecule is CCCNC(=O)C1CCCN(C(=O)C(c2ccc(Br)cc2)N2CCCC2)C1. The van der Waals surface area contributed by atoms with Crippen LogP contribution in [0, 0.1) is 5.92 Å². The number of nitrogens with one attached hydrogen (secondary N) is 1. The molecule has 1 N–H and O–H groups in total. The first kappa shape index (κ1) is 20.3. The number of rotatable bonds is 6. The molecule has 0 radical (unpaired) electrons. The monoisotopic (exact) mass is 435 g/mol. The van der Waals surface area contributed by atoms with Gasteiger partial charge in [-0.3, -0.25) is 14.5 Å². The average Bonchev–Trinajstić information content (AvgIpc) is 3.22. The first-order valence-electron chi connectivity index (χ1n) is 10.2. The Morgan fingerprint density at radius 2 is 1.85 bits per heavy atom. The van der Waals surface area contributed by atoms with Crippen LogP contribution >= 0.6 is 15.9 Å². The summed E-state index contributed by atoms with van der Waals surface area (Å²) in [6, 6.07) is 7.85. The molecule has 5 nitrogen and oxygen atoms in total. The van der Waals surface area contributed by atoms with E-state index >= 15 is 0 Å². The normalized spacial score (nSPS) is 21.9. The third-order valence-corrected chi connectivity index (χ3v) is 6.11. The maximum absolute atomic E-state index is 13.5. The molecule has 2 saturated heterocycles. The zero-order valence-corrected chi connectivity index (χ0v) is 17.7. The van der Waals surface area contributed by atoms with Crippen LogP contribution in [0.3, 0.4) is 0 Å². The van der Waals surface area contributed by atoms with E-state index in [1.807, 2.05) is 29.2 Å². The van der Waals surface area contributed by atoms with E-state index in [0.717, 1.165) is 61.8 Å². The second kappa shape index (κ2) is 9.69. The molecule has 0 bridgehead atoms. The van der Waals surface area contributed by atoms with Crippen molar-refractivity contribution in [1.29, 1.82) is 0 Å². The fourth-order valence-electron chi connectivity index (χ4n) is 4.11. The maximum atomic E-state index is 13.5. The van der Waals surface area contributed by atoms with Gasteiger partial charge in [0.15, 0.2) is 0 Å². The van der Waals surface area contributed by atoms with Gasteiger partial charge in [-0.1, -0.05) is 35.0 Å². The van der Waals surface area contributed by atoms with Crippen molar-refractivity contribution in [1.82, 2.24) is 15.1 Å². The van der Waals surface area contributed by atoms with Gasteiger partial charge >= 0.3 is 0 Å². The molecule has 1 aromatic rings. The Kier molecular flexibility index (Phi) is 7.30. The summed E-state index contributed by atoms with van der Waals surface area (Å²) in [4.78, 5) is 30.1. The smallest absolute Gasteiger partial charge is 0.244 e. The van der Waals surface area contributed by atoms with Gasteiger partial charge in [0.2, 0.25) is 11.8 Å². The number of amides is 2. The van der Waals surface area contributed by atoms with Gasteiger partial charge < -0.3 is 10.2 Å². The number of carbonyl (C=O) groups is 2. The minimum atomic E-state index is -0.238. The summed E-state index contributed by atoms with van der Waals surface area (Å²) in [7, 11) is 0. The number of piperidine rings is 1. The van der Waals surface area contributed by atoms with Crippen LogP contribution in [-0.2, 0) is 9.59 Å². The van der Waals surface area contributed by atoms with Crippen molar-refractivity contribution in [3.8, 4) is 0 Å². The highest BCUT2D eigenvalue weighted by Crippen LogP contribution is 2.30. The summed E-state index contributed by atoms with van der Waals surface area (Å²) in [5.41, 5.74) is 1.04. The molecule has 2 atom stereocenters. The molecule has 3 rings (SSSR count). The number of hydrogen-bond donors (Lipinski definition) is 1. The van der Waals surface area contributed by atoms with Crippen LogP contribution in [-0.4, -0.2) is 54.3 Å². The van der Waals surface area contributed by atoms with Crippen molar-refractivity contribution in [2.75, 3.05) is 32.7 Å². The van der Waals surface area contributed by atoms with E-state index in [9.17, 15) is 9.59 Å². The second-order valence-corrected chi connectivity index (χ2v) is 8.53.